The number of likely N-dealkylation sites (N-methyl/N-ethyl adjacent to an activating group) is 1. The van der Waals surface area contributed by atoms with Crippen LogP contribution in [0.2, 0.25) is 0 Å². The molecule has 0 aliphatic carbocycles. The third-order valence-electron chi connectivity index (χ3n) is 4.00. The summed E-state index contributed by atoms with van der Waals surface area (Å²) in [6.45, 7) is 5.32. The molecule has 0 bridgehead atoms. The van der Waals surface area contributed by atoms with Gasteiger partial charge in [-0.2, -0.15) is 0 Å². The molecule has 23 heavy (non-hydrogen) atoms. The van der Waals surface area contributed by atoms with Crippen LogP contribution in [0.15, 0.2) is 0 Å². The maximum atomic E-state index is 12.2. The molecule has 7 nitrogen and oxygen atoms in total. The first kappa shape index (κ1) is 20.9. The van der Waals surface area contributed by atoms with Gasteiger partial charge in [0.2, 0.25) is 0 Å². The fourth-order valence-electron chi connectivity index (χ4n) is 2.15. The summed E-state index contributed by atoms with van der Waals surface area (Å²) in [5, 5.41) is 0. The summed E-state index contributed by atoms with van der Waals surface area (Å²) in [6.07, 6.45) is 0.735. The summed E-state index contributed by atoms with van der Waals surface area (Å²) in [5.74, 6) is -0.0283. The summed E-state index contributed by atoms with van der Waals surface area (Å²) in [4.78, 5) is 26.1. The van der Waals surface area contributed by atoms with E-state index in [1.54, 1.807) is 0 Å². The van der Waals surface area contributed by atoms with Gasteiger partial charge in [-0.05, 0) is 45.2 Å². The maximum absolute atomic E-state index is 12.2. The molecule has 1 heterocycles. The van der Waals surface area contributed by atoms with Crippen LogP contribution in [0, 0.1) is 5.41 Å². The number of carbonyl (C=O) groups excluding carboxylic acids is 1. The largest absolute Gasteiger partial charge is 0.464 e. The van der Waals surface area contributed by atoms with Crippen molar-refractivity contribution >= 4 is 24.1 Å². The molecule has 0 amide bonds. The Morgan fingerprint density at radius 3 is 2.48 bits per heavy atom. The second-order valence-electron chi connectivity index (χ2n) is 6.40. The normalized spacial score (nSPS) is 20.2. The Kier molecular flexibility index (Phi) is 8.55. The third-order valence-corrected chi connectivity index (χ3v) is 7.11. The van der Waals surface area contributed by atoms with Crippen LogP contribution in [0.25, 0.3) is 0 Å². The van der Waals surface area contributed by atoms with Gasteiger partial charge in [-0.1, -0.05) is 0 Å². The molecule has 1 unspecified atom stereocenters. The Hall–Kier alpha value is -0.110. The molecule has 1 N–H and O–H groups in total. The van der Waals surface area contributed by atoms with E-state index in [1.807, 2.05) is 13.8 Å². The van der Waals surface area contributed by atoms with Crippen molar-refractivity contribution in [3.05, 3.63) is 0 Å². The minimum atomic E-state index is -3.60. The highest BCUT2D eigenvalue weighted by Gasteiger charge is 2.30. The number of ether oxygens (including phenoxy) is 1. The standard InChI is InChI=1S/C14H29N2O5PS/c1-14(2,5-6-16-9-7-15(3)8-10-16)13(17)21-11-12-23-22(18,19)20-4/h5-12H2,1-4H3,(H,18,19). The highest BCUT2D eigenvalue weighted by Crippen LogP contribution is 2.54. The van der Waals surface area contributed by atoms with E-state index in [-0.39, 0.29) is 18.3 Å². The van der Waals surface area contributed by atoms with Gasteiger partial charge in [0, 0.05) is 39.0 Å². The van der Waals surface area contributed by atoms with Crippen molar-refractivity contribution in [1.82, 2.24) is 9.80 Å². The molecule has 1 fully saturated rings. The van der Waals surface area contributed by atoms with Gasteiger partial charge in [-0.15, -0.1) is 0 Å². The van der Waals surface area contributed by atoms with Gasteiger partial charge in [-0.25, -0.2) is 4.57 Å². The SMILES string of the molecule is COP(=O)(O)SCCOC(=O)C(C)(C)CCN1CCN(C)CC1. The first-order valence-corrected chi connectivity index (χ1v) is 10.9. The minimum Gasteiger partial charge on any atom is -0.464 e. The van der Waals surface area contributed by atoms with Gasteiger partial charge >= 0.3 is 12.8 Å². The lowest BCUT2D eigenvalue weighted by atomic mass is 9.89. The summed E-state index contributed by atoms with van der Waals surface area (Å²) >= 11 is 0.766. The van der Waals surface area contributed by atoms with Crippen LogP contribution in [-0.4, -0.2) is 79.9 Å². The van der Waals surface area contributed by atoms with Crippen molar-refractivity contribution in [1.29, 1.82) is 0 Å². The van der Waals surface area contributed by atoms with Crippen LogP contribution in [-0.2, 0) is 18.6 Å². The smallest absolute Gasteiger partial charge is 0.386 e. The van der Waals surface area contributed by atoms with Gasteiger partial charge in [0.25, 0.3) is 0 Å². The first-order valence-electron chi connectivity index (χ1n) is 7.77. The second-order valence-corrected chi connectivity index (χ2v) is 10.5. The fraction of sp³-hybridized carbons (Fsp3) is 0.929. The number of hydrogen-bond acceptors (Lipinski definition) is 7. The molecule has 1 atom stereocenters. The van der Waals surface area contributed by atoms with E-state index in [2.05, 4.69) is 21.4 Å². The van der Waals surface area contributed by atoms with Crippen LogP contribution in [0.5, 0.6) is 0 Å². The van der Waals surface area contributed by atoms with Crippen molar-refractivity contribution < 1.29 is 23.5 Å². The van der Waals surface area contributed by atoms with Crippen molar-refractivity contribution in [3.8, 4) is 0 Å². The number of rotatable bonds is 9. The molecule has 1 aliphatic heterocycles. The average molecular weight is 368 g/mol. The summed E-state index contributed by atoms with van der Waals surface area (Å²) in [6, 6.07) is 0. The van der Waals surface area contributed by atoms with Crippen molar-refractivity contribution in [3.63, 3.8) is 0 Å². The summed E-state index contributed by atoms with van der Waals surface area (Å²) < 4.78 is 21.0. The van der Waals surface area contributed by atoms with E-state index in [1.165, 1.54) is 7.11 Å². The van der Waals surface area contributed by atoms with Crippen LogP contribution in [0.3, 0.4) is 0 Å². The van der Waals surface area contributed by atoms with Gasteiger partial charge in [0.1, 0.15) is 6.61 Å². The number of carbonyl (C=O) groups is 1. The van der Waals surface area contributed by atoms with Crippen LogP contribution in [0.1, 0.15) is 20.3 Å². The van der Waals surface area contributed by atoms with E-state index in [4.69, 9.17) is 4.74 Å². The van der Waals surface area contributed by atoms with E-state index in [0.717, 1.165) is 50.5 Å². The molecule has 0 aromatic heterocycles. The number of nitrogens with zero attached hydrogens (tertiary/aromatic N) is 2. The first-order chi connectivity index (χ1) is 10.7. The molecular formula is C14H29N2O5PS. The highest BCUT2D eigenvalue weighted by molar-refractivity contribution is 8.54. The highest BCUT2D eigenvalue weighted by atomic mass is 32.7. The summed E-state index contributed by atoms with van der Waals surface area (Å²) in [5.41, 5.74) is -0.557. The molecule has 136 valence electrons. The molecule has 0 spiro atoms. The van der Waals surface area contributed by atoms with E-state index in [9.17, 15) is 14.3 Å². The molecule has 0 aromatic carbocycles. The molecule has 1 rings (SSSR count). The van der Waals surface area contributed by atoms with E-state index >= 15 is 0 Å². The van der Waals surface area contributed by atoms with Crippen molar-refractivity contribution in [2.45, 2.75) is 20.3 Å². The lowest BCUT2D eigenvalue weighted by molar-refractivity contribution is -0.153. The van der Waals surface area contributed by atoms with Crippen LogP contribution < -0.4 is 0 Å². The van der Waals surface area contributed by atoms with Crippen molar-refractivity contribution in [2.24, 2.45) is 5.41 Å². The zero-order valence-corrected chi connectivity index (χ0v) is 16.2. The van der Waals surface area contributed by atoms with E-state index < -0.39 is 12.2 Å². The van der Waals surface area contributed by atoms with Gasteiger partial charge in [0.15, 0.2) is 0 Å². The third kappa shape index (κ3) is 8.01. The lowest BCUT2D eigenvalue weighted by Gasteiger charge is -2.34. The zero-order valence-electron chi connectivity index (χ0n) is 14.5. The topological polar surface area (TPSA) is 79.3 Å². The molecule has 1 saturated heterocycles. The second kappa shape index (κ2) is 9.39. The average Bonchev–Trinajstić information content (AvgIpc) is 2.51. The maximum Gasteiger partial charge on any atom is 0.386 e. The predicted octanol–water partition coefficient (Wildman–Crippen LogP) is 1.67. The molecular weight excluding hydrogens is 339 g/mol. The van der Waals surface area contributed by atoms with Crippen molar-refractivity contribution in [2.75, 3.05) is 59.2 Å². The summed E-state index contributed by atoms with van der Waals surface area (Å²) in [7, 11) is 3.30. The van der Waals surface area contributed by atoms with Gasteiger partial charge < -0.3 is 24.0 Å². The Balaban J connectivity index is 2.26. The van der Waals surface area contributed by atoms with Gasteiger partial charge in [0.05, 0.1) is 5.41 Å². The van der Waals surface area contributed by atoms with Gasteiger partial charge in [-0.3, -0.25) is 4.79 Å². The monoisotopic (exact) mass is 368 g/mol. The molecule has 1 aliphatic rings. The number of piperazine rings is 1. The minimum absolute atomic E-state index is 0.106. The van der Waals surface area contributed by atoms with E-state index in [0.29, 0.717) is 0 Å². The zero-order chi connectivity index (χ0) is 17.5. The molecule has 0 saturated carbocycles. The number of esters is 1. The fourth-order valence-corrected chi connectivity index (χ4v) is 3.87. The Morgan fingerprint density at radius 1 is 1.30 bits per heavy atom. The Morgan fingerprint density at radius 2 is 1.91 bits per heavy atom. The van der Waals surface area contributed by atoms with Crippen LogP contribution in [0.4, 0.5) is 0 Å². The quantitative estimate of drug-likeness (QED) is 0.374. The molecule has 0 radical (unpaired) electrons. The number of hydrogen-bond donors (Lipinski definition) is 1. The Labute approximate surface area is 143 Å². The lowest BCUT2D eigenvalue weighted by Crippen LogP contribution is -2.45. The Bertz CT molecular complexity index is 427. The van der Waals surface area contributed by atoms with Crippen LogP contribution >= 0.6 is 18.2 Å². The molecule has 9 heteroatoms. The molecule has 0 aromatic rings. The predicted molar refractivity (Wildman–Crippen MR) is 92.6 cm³/mol.